The number of aliphatic hydroxyl groups is 1. The molecule has 0 aliphatic rings. The Kier molecular flexibility index (Phi) is 2.65. The van der Waals surface area contributed by atoms with Gasteiger partial charge in [-0.3, -0.25) is 4.68 Å². The molecule has 0 unspecified atom stereocenters. The van der Waals surface area contributed by atoms with Gasteiger partial charge in [0.05, 0.1) is 5.69 Å². The fraction of sp³-hybridized carbons (Fsp3) is 0.625. The first-order valence-corrected chi connectivity index (χ1v) is 3.91. The molecule has 0 saturated heterocycles. The van der Waals surface area contributed by atoms with Crippen LogP contribution in [0.1, 0.15) is 18.2 Å². The van der Waals surface area contributed by atoms with E-state index in [1.54, 1.807) is 0 Å². The Labute approximate surface area is 66.7 Å². The third kappa shape index (κ3) is 1.80. The number of rotatable bonds is 3. The lowest BCUT2D eigenvalue weighted by Crippen LogP contribution is -1.93. The number of hydrogen-bond acceptors (Lipinski definition) is 2. The van der Waals surface area contributed by atoms with Gasteiger partial charge in [0.25, 0.3) is 0 Å². The Morgan fingerprint density at radius 1 is 1.64 bits per heavy atom. The quantitative estimate of drug-likeness (QED) is 0.697. The summed E-state index contributed by atoms with van der Waals surface area (Å²) in [4.78, 5) is 0. The molecule has 1 N–H and O–H groups in total. The summed E-state index contributed by atoms with van der Waals surface area (Å²) in [5.41, 5.74) is 2.18. The van der Waals surface area contributed by atoms with E-state index in [4.69, 9.17) is 5.11 Å². The lowest BCUT2D eigenvalue weighted by Gasteiger charge is -1.91. The molecule has 0 aliphatic carbocycles. The molecule has 62 valence electrons. The molecule has 0 fully saturated rings. The molecule has 1 aromatic heterocycles. The Balaban J connectivity index is 2.79. The maximum Gasteiger partial charge on any atom is 0.0626 e. The number of aryl methyl sites for hydroxylation is 2. The summed E-state index contributed by atoms with van der Waals surface area (Å²) in [6.45, 7) is 5.12. The minimum atomic E-state index is 0.205. The van der Waals surface area contributed by atoms with Gasteiger partial charge in [-0.1, -0.05) is 0 Å². The number of aliphatic hydroxyl groups excluding tert-OH is 1. The van der Waals surface area contributed by atoms with Crippen LogP contribution in [0.2, 0.25) is 0 Å². The van der Waals surface area contributed by atoms with Gasteiger partial charge in [-0.25, -0.2) is 0 Å². The van der Waals surface area contributed by atoms with Crippen LogP contribution in [-0.2, 0) is 13.0 Å². The van der Waals surface area contributed by atoms with Crippen LogP contribution in [0, 0.1) is 6.92 Å². The first-order chi connectivity index (χ1) is 5.27. The van der Waals surface area contributed by atoms with E-state index < -0.39 is 0 Å². The molecule has 0 spiro atoms. The van der Waals surface area contributed by atoms with Crippen molar-refractivity contribution in [3.05, 3.63) is 17.5 Å². The molecule has 0 aromatic carbocycles. The topological polar surface area (TPSA) is 38.0 Å². The molecule has 0 saturated carbocycles. The summed E-state index contributed by atoms with van der Waals surface area (Å²) in [5, 5.41) is 12.9. The SMILES string of the molecule is CCn1cc(CCO)c(C)n1. The molecule has 0 bridgehead atoms. The second kappa shape index (κ2) is 3.53. The van der Waals surface area contributed by atoms with E-state index in [2.05, 4.69) is 12.0 Å². The van der Waals surface area contributed by atoms with Crippen molar-refractivity contribution in [1.82, 2.24) is 9.78 Å². The Morgan fingerprint density at radius 2 is 2.36 bits per heavy atom. The molecule has 1 heterocycles. The van der Waals surface area contributed by atoms with E-state index in [0.29, 0.717) is 6.42 Å². The molecular formula is C8H14N2O. The summed E-state index contributed by atoms with van der Waals surface area (Å²) in [7, 11) is 0. The van der Waals surface area contributed by atoms with Crippen molar-refractivity contribution >= 4 is 0 Å². The van der Waals surface area contributed by atoms with Gasteiger partial charge < -0.3 is 5.11 Å². The van der Waals surface area contributed by atoms with E-state index in [0.717, 1.165) is 17.8 Å². The molecule has 11 heavy (non-hydrogen) atoms. The highest BCUT2D eigenvalue weighted by Crippen LogP contribution is 2.05. The van der Waals surface area contributed by atoms with Crippen LogP contribution in [0.5, 0.6) is 0 Å². The molecular weight excluding hydrogens is 140 g/mol. The van der Waals surface area contributed by atoms with Gasteiger partial charge in [0.1, 0.15) is 0 Å². The normalized spacial score (nSPS) is 10.5. The van der Waals surface area contributed by atoms with E-state index in [1.165, 1.54) is 0 Å². The van der Waals surface area contributed by atoms with Gasteiger partial charge >= 0.3 is 0 Å². The maximum atomic E-state index is 8.69. The Morgan fingerprint density at radius 3 is 2.82 bits per heavy atom. The fourth-order valence-electron chi connectivity index (χ4n) is 1.09. The first-order valence-electron chi connectivity index (χ1n) is 3.91. The maximum absolute atomic E-state index is 8.69. The zero-order chi connectivity index (χ0) is 8.27. The summed E-state index contributed by atoms with van der Waals surface area (Å²) in [6, 6.07) is 0. The molecule has 1 rings (SSSR count). The van der Waals surface area contributed by atoms with Gasteiger partial charge in [-0.2, -0.15) is 5.10 Å². The van der Waals surface area contributed by atoms with Gasteiger partial charge in [0.2, 0.25) is 0 Å². The molecule has 3 heteroatoms. The highest BCUT2D eigenvalue weighted by Gasteiger charge is 2.01. The van der Waals surface area contributed by atoms with Gasteiger partial charge in [-0.05, 0) is 25.8 Å². The minimum absolute atomic E-state index is 0.205. The highest BCUT2D eigenvalue weighted by molar-refractivity contribution is 5.15. The zero-order valence-electron chi connectivity index (χ0n) is 7.04. The third-order valence-corrected chi connectivity index (χ3v) is 1.75. The van der Waals surface area contributed by atoms with Crippen molar-refractivity contribution in [3.8, 4) is 0 Å². The third-order valence-electron chi connectivity index (χ3n) is 1.75. The molecule has 1 aromatic rings. The van der Waals surface area contributed by atoms with Crippen molar-refractivity contribution in [2.75, 3.05) is 6.61 Å². The van der Waals surface area contributed by atoms with Gasteiger partial charge in [0, 0.05) is 19.3 Å². The highest BCUT2D eigenvalue weighted by atomic mass is 16.2. The van der Waals surface area contributed by atoms with Crippen LogP contribution in [0.25, 0.3) is 0 Å². The van der Waals surface area contributed by atoms with Gasteiger partial charge in [-0.15, -0.1) is 0 Å². The van der Waals surface area contributed by atoms with Crippen LogP contribution in [0.4, 0.5) is 0 Å². The lowest BCUT2D eigenvalue weighted by atomic mass is 10.2. The molecule has 0 radical (unpaired) electrons. The van der Waals surface area contributed by atoms with Crippen LogP contribution >= 0.6 is 0 Å². The average molecular weight is 154 g/mol. The average Bonchev–Trinajstić information content (AvgIpc) is 2.33. The summed E-state index contributed by atoms with van der Waals surface area (Å²) in [5.74, 6) is 0. The standard InChI is InChI=1S/C8H14N2O/c1-3-10-6-8(4-5-11)7(2)9-10/h6,11H,3-5H2,1-2H3. The van der Waals surface area contributed by atoms with Crippen LogP contribution in [0.15, 0.2) is 6.20 Å². The van der Waals surface area contributed by atoms with Crippen molar-refractivity contribution in [2.24, 2.45) is 0 Å². The molecule has 0 atom stereocenters. The second-order valence-corrected chi connectivity index (χ2v) is 2.57. The minimum Gasteiger partial charge on any atom is -0.396 e. The van der Waals surface area contributed by atoms with Crippen LogP contribution in [0.3, 0.4) is 0 Å². The largest absolute Gasteiger partial charge is 0.396 e. The molecule has 3 nitrogen and oxygen atoms in total. The number of aromatic nitrogens is 2. The summed E-state index contributed by atoms with van der Waals surface area (Å²) >= 11 is 0. The number of nitrogens with zero attached hydrogens (tertiary/aromatic N) is 2. The van der Waals surface area contributed by atoms with E-state index in [1.807, 2.05) is 17.8 Å². The molecule has 0 amide bonds. The predicted molar refractivity (Wildman–Crippen MR) is 43.4 cm³/mol. The Bertz CT molecular complexity index is 230. The monoisotopic (exact) mass is 154 g/mol. The van der Waals surface area contributed by atoms with E-state index >= 15 is 0 Å². The van der Waals surface area contributed by atoms with Crippen LogP contribution < -0.4 is 0 Å². The van der Waals surface area contributed by atoms with Crippen molar-refractivity contribution in [1.29, 1.82) is 0 Å². The summed E-state index contributed by atoms with van der Waals surface area (Å²) in [6.07, 6.45) is 2.71. The second-order valence-electron chi connectivity index (χ2n) is 2.57. The molecule has 0 aliphatic heterocycles. The summed E-state index contributed by atoms with van der Waals surface area (Å²) < 4.78 is 1.89. The zero-order valence-corrected chi connectivity index (χ0v) is 7.04. The predicted octanol–water partition coefficient (Wildman–Crippen LogP) is 0.746. The lowest BCUT2D eigenvalue weighted by molar-refractivity contribution is 0.299. The van der Waals surface area contributed by atoms with E-state index in [-0.39, 0.29) is 6.61 Å². The number of hydrogen-bond donors (Lipinski definition) is 1. The van der Waals surface area contributed by atoms with Gasteiger partial charge in [0.15, 0.2) is 0 Å². The van der Waals surface area contributed by atoms with E-state index in [9.17, 15) is 0 Å². The van der Waals surface area contributed by atoms with Crippen LogP contribution in [-0.4, -0.2) is 21.5 Å². The van der Waals surface area contributed by atoms with Crippen molar-refractivity contribution < 1.29 is 5.11 Å². The first kappa shape index (κ1) is 8.27. The smallest absolute Gasteiger partial charge is 0.0626 e. The Hall–Kier alpha value is -0.830. The van der Waals surface area contributed by atoms with Crippen molar-refractivity contribution in [3.63, 3.8) is 0 Å². The van der Waals surface area contributed by atoms with Crippen molar-refractivity contribution in [2.45, 2.75) is 26.8 Å². The fourth-order valence-corrected chi connectivity index (χ4v) is 1.09.